The minimum atomic E-state index is -4.37. The highest BCUT2D eigenvalue weighted by atomic mass is 32.2. The molecule has 0 radical (unpaired) electrons. The van der Waals surface area contributed by atoms with E-state index >= 15 is 0 Å². The van der Waals surface area contributed by atoms with E-state index < -0.39 is 18.8 Å². The van der Waals surface area contributed by atoms with Crippen LogP contribution in [0.25, 0.3) is 0 Å². The zero-order valence-corrected chi connectivity index (χ0v) is 10.1. The average Bonchev–Trinajstić information content (AvgIpc) is 2.29. The van der Waals surface area contributed by atoms with Crippen molar-refractivity contribution in [3.63, 3.8) is 0 Å². The highest BCUT2D eigenvalue weighted by molar-refractivity contribution is 7.99. The van der Waals surface area contributed by atoms with Crippen LogP contribution in [0.3, 0.4) is 0 Å². The van der Waals surface area contributed by atoms with Crippen molar-refractivity contribution in [3.05, 3.63) is 29.6 Å². The van der Waals surface area contributed by atoms with Crippen molar-refractivity contribution in [1.29, 1.82) is 0 Å². The molecule has 0 spiro atoms. The lowest BCUT2D eigenvalue weighted by molar-refractivity contribution is -0.193. The first-order valence-corrected chi connectivity index (χ1v) is 6.31. The molecule has 1 aromatic carbocycles. The van der Waals surface area contributed by atoms with Gasteiger partial charge in [-0.1, -0.05) is 12.1 Å². The Morgan fingerprint density at radius 2 is 2.17 bits per heavy atom. The number of hydrogen-bond acceptors (Lipinski definition) is 3. The quantitative estimate of drug-likeness (QED) is 0.677. The molecule has 1 heterocycles. The molecule has 0 bridgehead atoms. The van der Waals surface area contributed by atoms with Crippen molar-refractivity contribution in [1.82, 2.24) is 5.48 Å². The molecule has 0 aliphatic carbocycles. The maximum atomic E-state index is 13.5. The van der Waals surface area contributed by atoms with Crippen molar-refractivity contribution in [3.8, 4) is 0 Å². The summed E-state index contributed by atoms with van der Waals surface area (Å²) in [5, 5.41) is 0. The molecule has 0 amide bonds. The van der Waals surface area contributed by atoms with Gasteiger partial charge in [0.15, 0.2) is 6.61 Å². The summed E-state index contributed by atoms with van der Waals surface area (Å²) in [6.45, 7) is -1.36. The van der Waals surface area contributed by atoms with Crippen molar-refractivity contribution in [2.45, 2.75) is 23.5 Å². The molecular formula is C11H11F4NOS. The maximum absolute atomic E-state index is 13.5. The summed E-state index contributed by atoms with van der Waals surface area (Å²) >= 11 is 1.37. The van der Waals surface area contributed by atoms with Gasteiger partial charge < -0.3 is 0 Å². The molecule has 1 N–H and O–H groups in total. The second-order valence-corrected chi connectivity index (χ2v) is 4.97. The third-order valence-corrected chi connectivity index (χ3v) is 3.65. The van der Waals surface area contributed by atoms with Crippen LogP contribution in [0.15, 0.2) is 23.1 Å². The Labute approximate surface area is 106 Å². The first kappa shape index (κ1) is 13.6. The lowest BCUT2D eigenvalue weighted by atomic mass is 10.0. The van der Waals surface area contributed by atoms with Gasteiger partial charge in [0.2, 0.25) is 0 Å². The molecular weight excluding hydrogens is 270 g/mol. The second-order valence-electron chi connectivity index (χ2n) is 3.87. The van der Waals surface area contributed by atoms with Crippen LogP contribution in [0.1, 0.15) is 18.0 Å². The topological polar surface area (TPSA) is 21.3 Å². The summed E-state index contributed by atoms with van der Waals surface area (Å²) < 4.78 is 49.3. The Morgan fingerprint density at radius 1 is 1.39 bits per heavy atom. The predicted molar refractivity (Wildman–Crippen MR) is 59.6 cm³/mol. The van der Waals surface area contributed by atoms with Crippen LogP contribution in [0.5, 0.6) is 0 Å². The number of hydrogen-bond donors (Lipinski definition) is 1. The molecule has 18 heavy (non-hydrogen) atoms. The number of nitrogens with one attached hydrogen (secondary N) is 1. The molecule has 1 atom stereocenters. The van der Waals surface area contributed by atoms with Crippen LogP contribution in [0, 0.1) is 5.82 Å². The third kappa shape index (κ3) is 3.37. The molecule has 1 aliphatic heterocycles. The van der Waals surface area contributed by atoms with Crippen LogP contribution in [-0.2, 0) is 4.84 Å². The van der Waals surface area contributed by atoms with Crippen molar-refractivity contribution >= 4 is 11.8 Å². The largest absolute Gasteiger partial charge is 0.413 e. The van der Waals surface area contributed by atoms with E-state index in [0.717, 1.165) is 0 Å². The molecule has 0 fully saturated rings. The molecule has 1 unspecified atom stereocenters. The summed E-state index contributed by atoms with van der Waals surface area (Å²) in [6.07, 6.45) is -3.78. The Balaban J connectivity index is 2.02. The first-order chi connectivity index (χ1) is 8.47. The molecule has 0 aromatic heterocycles. The molecule has 0 saturated carbocycles. The molecule has 1 aliphatic rings. The van der Waals surface area contributed by atoms with Gasteiger partial charge in [0.05, 0.1) is 6.04 Å². The summed E-state index contributed by atoms with van der Waals surface area (Å²) in [6, 6.07) is 4.17. The molecule has 2 nitrogen and oxygen atoms in total. The zero-order valence-electron chi connectivity index (χ0n) is 9.26. The molecule has 7 heteroatoms. The van der Waals surface area contributed by atoms with E-state index in [0.29, 0.717) is 22.6 Å². The minimum Gasteiger partial charge on any atom is -0.292 e. The fourth-order valence-corrected chi connectivity index (χ4v) is 2.87. The monoisotopic (exact) mass is 281 g/mol. The normalized spacial score (nSPS) is 19.7. The average molecular weight is 281 g/mol. The van der Waals surface area contributed by atoms with E-state index in [-0.39, 0.29) is 5.82 Å². The van der Waals surface area contributed by atoms with Crippen LogP contribution in [-0.4, -0.2) is 18.5 Å². The highest BCUT2D eigenvalue weighted by Crippen LogP contribution is 2.37. The van der Waals surface area contributed by atoms with Crippen LogP contribution >= 0.6 is 11.8 Å². The van der Waals surface area contributed by atoms with Gasteiger partial charge in [-0.2, -0.15) is 18.7 Å². The molecule has 100 valence electrons. The summed E-state index contributed by atoms with van der Waals surface area (Å²) in [5.41, 5.74) is 3.01. The lowest BCUT2D eigenvalue weighted by Gasteiger charge is -2.25. The van der Waals surface area contributed by atoms with Crippen molar-refractivity contribution in [2.75, 3.05) is 12.4 Å². The Bertz CT molecular complexity index is 424. The number of benzene rings is 1. The summed E-state index contributed by atoms with van der Waals surface area (Å²) in [4.78, 5) is 4.91. The van der Waals surface area contributed by atoms with E-state index in [1.165, 1.54) is 17.8 Å². The predicted octanol–water partition coefficient (Wildman–Crippen LogP) is 3.45. The van der Waals surface area contributed by atoms with E-state index in [1.54, 1.807) is 12.1 Å². The maximum Gasteiger partial charge on any atom is 0.413 e. The van der Waals surface area contributed by atoms with E-state index in [4.69, 9.17) is 0 Å². The number of hydroxylamine groups is 1. The van der Waals surface area contributed by atoms with Gasteiger partial charge in [0, 0.05) is 10.6 Å². The summed E-state index contributed by atoms with van der Waals surface area (Å²) in [5.74, 6) is 0.292. The highest BCUT2D eigenvalue weighted by Gasteiger charge is 2.29. The smallest absolute Gasteiger partial charge is 0.292 e. The Morgan fingerprint density at radius 3 is 2.89 bits per heavy atom. The number of alkyl halides is 3. The van der Waals surface area contributed by atoms with Gasteiger partial charge in [0.25, 0.3) is 0 Å². The van der Waals surface area contributed by atoms with E-state index in [1.807, 2.05) is 0 Å². The number of rotatable bonds is 3. The van der Waals surface area contributed by atoms with Gasteiger partial charge >= 0.3 is 6.18 Å². The lowest BCUT2D eigenvalue weighted by Crippen LogP contribution is -2.30. The second kappa shape index (κ2) is 5.46. The first-order valence-electron chi connectivity index (χ1n) is 5.32. The van der Waals surface area contributed by atoms with Crippen LogP contribution in [0.4, 0.5) is 17.6 Å². The third-order valence-electron chi connectivity index (χ3n) is 2.49. The van der Waals surface area contributed by atoms with Gasteiger partial charge in [-0.05, 0) is 18.1 Å². The van der Waals surface area contributed by atoms with E-state index in [2.05, 4.69) is 10.3 Å². The minimum absolute atomic E-state index is 0.347. The van der Waals surface area contributed by atoms with Gasteiger partial charge in [0.1, 0.15) is 5.82 Å². The zero-order chi connectivity index (χ0) is 13.2. The molecule has 0 saturated heterocycles. The SMILES string of the molecule is Fc1cccc2c1SCCC2NOCC(F)(F)F. The van der Waals surface area contributed by atoms with Crippen LogP contribution in [0.2, 0.25) is 0 Å². The van der Waals surface area contributed by atoms with Crippen molar-refractivity contribution in [2.24, 2.45) is 0 Å². The Kier molecular flexibility index (Phi) is 4.14. The number of fused-ring (bicyclic) bond motifs is 1. The van der Waals surface area contributed by atoms with Gasteiger partial charge in [-0.15, -0.1) is 11.8 Å². The van der Waals surface area contributed by atoms with Gasteiger partial charge in [-0.3, -0.25) is 4.84 Å². The molecule has 1 aromatic rings. The van der Waals surface area contributed by atoms with Crippen LogP contribution < -0.4 is 5.48 Å². The number of halogens is 4. The van der Waals surface area contributed by atoms with E-state index in [9.17, 15) is 17.6 Å². The fraction of sp³-hybridized carbons (Fsp3) is 0.455. The van der Waals surface area contributed by atoms with Gasteiger partial charge in [-0.25, -0.2) is 4.39 Å². The summed E-state index contributed by atoms with van der Waals surface area (Å²) in [7, 11) is 0. The fourth-order valence-electron chi connectivity index (χ4n) is 1.73. The Hall–Kier alpha value is -0.790. The standard InChI is InChI=1S/C11H11F4NOS/c12-8-3-1-2-7-9(4-5-18-10(7)8)16-17-6-11(13,14)15/h1-3,9,16H,4-6H2. The van der Waals surface area contributed by atoms with Crippen molar-refractivity contribution < 1.29 is 22.4 Å². The number of thioether (sulfide) groups is 1. The molecule has 2 rings (SSSR count).